The van der Waals surface area contributed by atoms with E-state index in [1.165, 1.54) is 0 Å². The van der Waals surface area contributed by atoms with Crippen LogP contribution in [0, 0.1) is 5.92 Å². The van der Waals surface area contributed by atoms with Crippen LogP contribution < -0.4 is 15.4 Å². The van der Waals surface area contributed by atoms with E-state index in [1.54, 1.807) is 23.1 Å². The third-order valence-electron chi connectivity index (χ3n) is 3.70. The van der Waals surface area contributed by atoms with Crippen molar-refractivity contribution in [1.29, 1.82) is 0 Å². The van der Waals surface area contributed by atoms with Crippen LogP contribution in [-0.2, 0) is 26.0 Å². The van der Waals surface area contributed by atoms with Gasteiger partial charge >= 0.3 is 0 Å². The molecule has 3 N–H and O–H groups in total. The van der Waals surface area contributed by atoms with Gasteiger partial charge in [-0.3, -0.25) is 9.59 Å². The molecular weight excluding hydrogens is 294 g/mol. The maximum absolute atomic E-state index is 12.0. The van der Waals surface area contributed by atoms with Crippen molar-refractivity contribution in [2.24, 2.45) is 11.1 Å². The number of fused-ring (bicyclic) bond motifs is 1. The second-order valence-corrected chi connectivity index (χ2v) is 7.13. The zero-order valence-electron chi connectivity index (χ0n) is 11.2. The largest absolute Gasteiger partial charge is 0.326 e. The molecule has 1 atom stereocenters. The highest BCUT2D eigenvalue weighted by molar-refractivity contribution is 7.89. The second-order valence-electron chi connectivity index (χ2n) is 5.47. The fourth-order valence-electron chi connectivity index (χ4n) is 2.85. The van der Waals surface area contributed by atoms with E-state index in [-0.39, 0.29) is 29.9 Å². The van der Waals surface area contributed by atoms with E-state index in [9.17, 15) is 18.0 Å². The lowest BCUT2D eigenvalue weighted by molar-refractivity contribution is -0.117. The SMILES string of the molecule is NS(=O)(=O)CC1CC(=O)N(c2ccc3c(c2)CC(=O)N3)C1. The number of primary sulfonamides is 1. The van der Waals surface area contributed by atoms with Crippen molar-refractivity contribution < 1.29 is 18.0 Å². The molecule has 2 amide bonds. The first kappa shape index (κ1) is 14.0. The summed E-state index contributed by atoms with van der Waals surface area (Å²) >= 11 is 0. The lowest BCUT2D eigenvalue weighted by atomic mass is 10.1. The van der Waals surface area contributed by atoms with Crippen molar-refractivity contribution in [2.45, 2.75) is 12.8 Å². The molecule has 2 aliphatic rings. The molecule has 2 heterocycles. The molecule has 1 saturated heterocycles. The average Bonchev–Trinajstić information content (AvgIpc) is 2.88. The van der Waals surface area contributed by atoms with Gasteiger partial charge in [-0.05, 0) is 23.8 Å². The van der Waals surface area contributed by atoms with Crippen LogP contribution in [0.25, 0.3) is 0 Å². The predicted molar refractivity (Wildman–Crippen MR) is 77.2 cm³/mol. The molecule has 0 spiro atoms. The van der Waals surface area contributed by atoms with Gasteiger partial charge in [0.1, 0.15) is 0 Å². The number of nitrogens with two attached hydrogens (primary N) is 1. The van der Waals surface area contributed by atoms with Gasteiger partial charge in [-0.25, -0.2) is 13.6 Å². The molecular formula is C13H15N3O4S. The molecule has 2 aliphatic heterocycles. The Hall–Kier alpha value is -1.93. The van der Waals surface area contributed by atoms with E-state index in [0.717, 1.165) is 11.3 Å². The van der Waals surface area contributed by atoms with Gasteiger partial charge in [-0.2, -0.15) is 0 Å². The predicted octanol–water partition coefficient (Wildman–Crippen LogP) is -0.177. The first-order valence-electron chi connectivity index (χ1n) is 6.55. The topological polar surface area (TPSA) is 110 Å². The first-order chi connectivity index (χ1) is 9.82. The molecule has 0 bridgehead atoms. The number of hydrogen-bond donors (Lipinski definition) is 2. The van der Waals surface area contributed by atoms with Crippen molar-refractivity contribution >= 4 is 33.2 Å². The molecule has 1 fully saturated rings. The smallest absolute Gasteiger partial charge is 0.228 e. The van der Waals surface area contributed by atoms with E-state index >= 15 is 0 Å². The number of nitrogens with one attached hydrogen (secondary N) is 1. The maximum Gasteiger partial charge on any atom is 0.228 e. The van der Waals surface area contributed by atoms with E-state index in [2.05, 4.69) is 5.32 Å². The van der Waals surface area contributed by atoms with Gasteiger partial charge < -0.3 is 10.2 Å². The number of benzene rings is 1. The van der Waals surface area contributed by atoms with Crippen LogP contribution in [0.4, 0.5) is 11.4 Å². The van der Waals surface area contributed by atoms with Gasteiger partial charge in [0.25, 0.3) is 0 Å². The summed E-state index contributed by atoms with van der Waals surface area (Å²) in [4.78, 5) is 24.9. The van der Waals surface area contributed by atoms with Crippen molar-refractivity contribution in [3.63, 3.8) is 0 Å². The van der Waals surface area contributed by atoms with Crippen molar-refractivity contribution in [1.82, 2.24) is 0 Å². The number of anilines is 2. The second kappa shape index (κ2) is 4.81. The van der Waals surface area contributed by atoms with Crippen LogP contribution in [0.2, 0.25) is 0 Å². The van der Waals surface area contributed by atoms with E-state index < -0.39 is 10.0 Å². The molecule has 0 aliphatic carbocycles. The maximum atomic E-state index is 12.0. The fraction of sp³-hybridized carbons (Fsp3) is 0.385. The van der Waals surface area contributed by atoms with Gasteiger partial charge in [0.05, 0.1) is 12.2 Å². The lowest BCUT2D eigenvalue weighted by Crippen LogP contribution is -2.27. The summed E-state index contributed by atoms with van der Waals surface area (Å²) in [5.41, 5.74) is 2.30. The van der Waals surface area contributed by atoms with Crippen molar-refractivity contribution in [3.8, 4) is 0 Å². The summed E-state index contributed by atoms with van der Waals surface area (Å²) in [6.45, 7) is 0.329. The Bertz CT molecular complexity index is 729. The zero-order valence-corrected chi connectivity index (χ0v) is 12.0. The number of rotatable bonds is 3. The Kier molecular flexibility index (Phi) is 3.22. The molecule has 112 valence electrons. The standard InChI is InChI=1S/C13H15N3O4S/c14-21(19,20)7-8-3-13(18)16(6-8)10-1-2-11-9(4-10)5-12(17)15-11/h1-2,4,8H,3,5-7H2,(H,15,17)(H2,14,19,20). The number of nitrogens with zero attached hydrogens (tertiary/aromatic N) is 1. The van der Waals surface area contributed by atoms with Gasteiger partial charge in [0.15, 0.2) is 0 Å². The third kappa shape index (κ3) is 2.91. The van der Waals surface area contributed by atoms with Crippen LogP contribution >= 0.6 is 0 Å². The summed E-state index contributed by atoms with van der Waals surface area (Å²) < 4.78 is 22.3. The van der Waals surface area contributed by atoms with Crippen LogP contribution in [0.3, 0.4) is 0 Å². The summed E-state index contributed by atoms with van der Waals surface area (Å²) in [5.74, 6) is -0.677. The summed E-state index contributed by atoms with van der Waals surface area (Å²) in [5, 5.41) is 7.76. The number of carbonyl (C=O) groups excluding carboxylic acids is 2. The lowest BCUT2D eigenvalue weighted by Gasteiger charge is -2.17. The highest BCUT2D eigenvalue weighted by Gasteiger charge is 2.33. The third-order valence-corrected chi connectivity index (χ3v) is 4.63. The number of hydrogen-bond acceptors (Lipinski definition) is 4. The molecule has 7 nitrogen and oxygen atoms in total. The molecule has 1 aromatic carbocycles. The van der Waals surface area contributed by atoms with E-state index in [1.807, 2.05) is 0 Å². The summed E-state index contributed by atoms with van der Waals surface area (Å²) in [7, 11) is -3.59. The molecule has 3 rings (SSSR count). The molecule has 1 aromatic rings. The van der Waals surface area contributed by atoms with Crippen LogP contribution in [-0.4, -0.2) is 32.5 Å². The molecule has 21 heavy (non-hydrogen) atoms. The Labute approximate surface area is 122 Å². The number of amides is 2. The van der Waals surface area contributed by atoms with Gasteiger partial charge in [-0.15, -0.1) is 0 Å². The minimum atomic E-state index is -3.59. The quantitative estimate of drug-likeness (QED) is 0.807. The Balaban J connectivity index is 1.80. The number of sulfonamides is 1. The Morgan fingerprint density at radius 3 is 2.81 bits per heavy atom. The molecule has 0 saturated carbocycles. The fourth-order valence-corrected chi connectivity index (χ4v) is 3.74. The summed E-state index contributed by atoms with van der Waals surface area (Å²) in [6, 6.07) is 5.31. The van der Waals surface area contributed by atoms with Crippen LogP contribution in [0.5, 0.6) is 0 Å². The Morgan fingerprint density at radius 2 is 2.10 bits per heavy atom. The summed E-state index contributed by atoms with van der Waals surface area (Å²) in [6.07, 6.45) is 0.469. The van der Waals surface area contributed by atoms with Crippen LogP contribution in [0.15, 0.2) is 18.2 Å². The molecule has 8 heteroatoms. The highest BCUT2D eigenvalue weighted by Crippen LogP contribution is 2.31. The van der Waals surface area contributed by atoms with Crippen molar-refractivity contribution in [2.75, 3.05) is 22.5 Å². The van der Waals surface area contributed by atoms with E-state index in [0.29, 0.717) is 18.7 Å². The van der Waals surface area contributed by atoms with E-state index in [4.69, 9.17) is 5.14 Å². The number of carbonyl (C=O) groups is 2. The minimum Gasteiger partial charge on any atom is -0.326 e. The minimum absolute atomic E-state index is 0.0676. The highest BCUT2D eigenvalue weighted by atomic mass is 32.2. The average molecular weight is 309 g/mol. The van der Waals surface area contributed by atoms with Gasteiger partial charge in [0.2, 0.25) is 21.8 Å². The van der Waals surface area contributed by atoms with Gasteiger partial charge in [-0.1, -0.05) is 0 Å². The van der Waals surface area contributed by atoms with Crippen LogP contribution in [0.1, 0.15) is 12.0 Å². The normalized spacial score (nSPS) is 21.6. The van der Waals surface area contributed by atoms with Gasteiger partial charge in [0, 0.05) is 30.3 Å². The molecule has 1 unspecified atom stereocenters. The first-order valence-corrected chi connectivity index (χ1v) is 8.27. The molecule has 0 aromatic heterocycles. The Morgan fingerprint density at radius 1 is 1.33 bits per heavy atom. The van der Waals surface area contributed by atoms with Crippen molar-refractivity contribution in [3.05, 3.63) is 23.8 Å². The monoisotopic (exact) mass is 309 g/mol. The molecule has 0 radical (unpaired) electrons. The zero-order chi connectivity index (χ0) is 15.2.